The highest BCUT2D eigenvalue weighted by Gasteiger charge is 1.91. The lowest BCUT2D eigenvalue weighted by Crippen LogP contribution is -1.88. The van der Waals surface area contributed by atoms with Gasteiger partial charge in [-0.1, -0.05) is 41.9 Å². The lowest BCUT2D eigenvalue weighted by atomic mass is 10.3. The molecule has 14 nitrogen and oxygen atoms in total. The van der Waals surface area contributed by atoms with Crippen LogP contribution in [0.25, 0.3) is 0 Å². The number of aromatic nitrogens is 12. The first-order valence-corrected chi connectivity index (χ1v) is 23.9. The monoisotopic (exact) mass is 1090 g/mol. The normalized spacial score (nSPS) is 9.29. The van der Waals surface area contributed by atoms with Gasteiger partial charge in [0.2, 0.25) is 5.89 Å². The Labute approximate surface area is 427 Å². The number of thiazole rings is 1. The number of aryl methyl sites for hydroxylation is 12. The third-order valence-electron chi connectivity index (χ3n) is 7.75. The Morgan fingerprint density at radius 2 is 1.25 bits per heavy atom. The van der Waals surface area contributed by atoms with Gasteiger partial charge >= 0.3 is 0 Å². The molecule has 362 valence electrons. The Balaban J connectivity index is 0.000000383. The topological polar surface area (TPSA) is 172 Å². The molecule has 0 spiro atoms. The fourth-order valence-electron chi connectivity index (χ4n) is 4.28. The van der Waals surface area contributed by atoms with Gasteiger partial charge in [-0.3, -0.25) is 29.3 Å². The second-order valence-electron chi connectivity index (χ2n) is 14.3. The van der Waals surface area contributed by atoms with Gasteiger partial charge in [-0.25, -0.2) is 9.97 Å². The first-order chi connectivity index (χ1) is 32.4. The lowest BCUT2D eigenvalue weighted by molar-refractivity contribution is 0.277. The van der Waals surface area contributed by atoms with Crippen LogP contribution in [0.4, 0.5) is 0 Å². The van der Waals surface area contributed by atoms with E-state index in [1.54, 1.807) is 60.9 Å². The van der Waals surface area contributed by atoms with Crippen molar-refractivity contribution in [3.63, 3.8) is 0 Å². The molecule has 0 saturated heterocycles. The van der Waals surface area contributed by atoms with Crippen molar-refractivity contribution < 1.29 is 9.63 Å². The van der Waals surface area contributed by atoms with E-state index in [1.807, 2.05) is 171 Å². The summed E-state index contributed by atoms with van der Waals surface area (Å²) in [6.45, 7) is 19.6. The average molecular weight is 1090 g/mol. The van der Waals surface area contributed by atoms with Crippen molar-refractivity contribution in [1.29, 1.82) is 0 Å². The number of halogens is 3. The quantitative estimate of drug-likeness (QED) is 0.163. The van der Waals surface area contributed by atoms with Crippen molar-refractivity contribution >= 4 is 54.8 Å². The molecule has 68 heavy (non-hydrogen) atoms. The maximum absolute atomic E-state index is 8.57. The smallest absolute Gasteiger partial charge is 0.223 e. The summed E-state index contributed by atoms with van der Waals surface area (Å²) in [5, 5.41) is 21.0. The molecule has 0 atom stereocenters. The maximum atomic E-state index is 8.57. The van der Waals surface area contributed by atoms with Crippen LogP contribution in [0.3, 0.4) is 0 Å². The summed E-state index contributed by atoms with van der Waals surface area (Å²) in [5.41, 5.74) is 8.59. The molecule has 9 heterocycles. The van der Waals surface area contributed by atoms with Crippen molar-refractivity contribution in [3.8, 4) is 0 Å². The summed E-state index contributed by atoms with van der Waals surface area (Å²) < 4.78 is 10.1. The third-order valence-corrected chi connectivity index (χ3v) is 9.83. The van der Waals surface area contributed by atoms with Gasteiger partial charge < -0.3 is 9.63 Å². The van der Waals surface area contributed by atoms with Gasteiger partial charge in [-0.2, -0.15) is 15.2 Å². The molecule has 0 aliphatic carbocycles. The van der Waals surface area contributed by atoms with Crippen LogP contribution >= 0.6 is 54.8 Å². The van der Waals surface area contributed by atoms with Gasteiger partial charge in [0.05, 0.1) is 28.7 Å². The van der Waals surface area contributed by atoms with E-state index >= 15 is 0 Å². The van der Waals surface area contributed by atoms with Crippen molar-refractivity contribution in [2.45, 2.75) is 82.3 Å². The number of nitrogens with zero attached hydrogens (tertiary/aromatic N) is 12. The Morgan fingerprint density at radius 1 is 0.603 bits per heavy atom. The molecular formula is C50H63Br2ClN12O2S. The number of hydrogen-bond donors (Lipinski definition) is 1. The first-order valence-electron chi connectivity index (χ1n) is 21.1. The molecule has 9 aromatic rings. The largest absolute Gasteiger partial charge is 0.390 e. The Hall–Kier alpha value is -5.85. The minimum atomic E-state index is 0.0281. The van der Waals surface area contributed by atoms with Crippen LogP contribution in [0.2, 0.25) is 5.02 Å². The maximum Gasteiger partial charge on any atom is 0.223 e. The molecule has 18 heteroatoms. The molecule has 0 unspecified atom stereocenters. The summed E-state index contributed by atoms with van der Waals surface area (Å²) in [6.07, 6.45) is 17.3. The van der Waals surface area contributed by atoms with Crippen LogP contribution in [-0.4, -0.2) is 64.7 Å². The molecule has 0 fully saturated rings. The van der Waals surface area contributed by atoms with E-state index in [9.17, 15) is 0 Å². The van der Waals surface area contributed by atoms with E-state index in [2.05, 4.69) is 93.5 Å². The zero-order valence-corrected chi connectivity index (χ0v) is 45.6. The summed E-state index contributed by atoms with van der Waals surface area (Å²) in [7, 11) is 3.84. The molecule has 0 radical (unpaired) electrons. The molecule has 9 rings (SSSR count). The number of aliphatic hydroxyl groups excluding tert-OH is 1. The van der Waals surface area contributed by atoms with Gasteiger partial charge in [0.15, 0.2) is 9.74 Å². The molecule has 9 aromatic heterocycles. The van der Waals surface area contributed by atoms with E-state index in [0.29, 0.717) is 16.7 Å². The van der Waals surface area contributed by atoms with E-state index in [-0.39, 0.29) is 6.61 Å². The van der Waals surface area contributed by atoms with Crippen molar-refractivity contribution in [3.05, 3.63) is 210 Å². The number of pyridine rings is 5. The van der Waals surface area contributed by atoms with Gasteiger partial charge in [-0.15, -0.1) is 11.3 Å². The van der Waals surface area contributed by atoms with Gasteiger partial charge in [-0.05, 0) is 171 Å². The highest BCUT2D eigenvalue weighted by atomic mass is 79.9. The van der Waals surface area contributed by atoms with Crippen LogP contribution in [0.15, 0.2) is 148 Å². The van der Waals surface area contributed by atoms with Gasteiger partial charge in [0.1, 0.15) is 4.60 Å². The van der Waals surface area contributed by atoms with Crippen LogP contribution < -0.4 is 0 Å². The summed E-state index contributed by atoms with van der Waals surface area (Å²) >= 11 is 13.7. The summed E-state index contributed by atoms with van der Waals surface area (Å²) in [5.74, 6) is 1.31. The minimum absolute atomic E-state index is 0.0281. The fourth-order valence-corrected chi connectivity index (χ4v) is 5.97. The molecule has 0 bridgehead atoms. The van der Waals surface area contributed by atoms with E-state index in [0.717, 1.165) is 49.0 Å². The predicted molar refractivity (Wildman–Crippen MR) is 282 cm³/mol. The van der Waals surface area contributed by atoms with E-state index in [1.165, 1.54) is 16.0 Å². The molecule has 0 aliphatic heterocycles. The molecule has 0 aromatic carbocycles. The van der Waals surface area contributed by atoms with Crippen molar-refractivity contribution in [2.75, 3.05) is 0 Å². The third kappa shape index (κ3) is 32.8. The molecule has 0 amide bonds. The Morgan fingerprint density at radius 3 is 1.51 bits per heavy atom. The Kier molecular flexibility index (Phi) is 32.1. The molecular weight excluding hydrogens is 1030 g/mol. The van der Waals surface area contributed by atoms with Gasteiger partial charge in [0, 0.05) is 93.1 Å². The second-order valence-corrected chi connectivity index (χ2v) is 18.1. The molecule has 0 aliphatic rings. The second kappa shape index (κ2) is 36.2. The van der Waals surface area contributed by atoms with Crippen LogP contribution in [0.5, 0.6) is 0 Å². The standard InChI is InChI=1S/C7H9NO.C6H6BrN.C6H6ClN.C6H10N2.2C6H7N.C5H8N2.C4H4BrNS.C4H6N2O/c1-6-2-3-7(5-9)8-4-6;1-5-2-3-6(7)8-4-5;1-5-2-3-6(7)4-8-5;1-3-6-4-5-8(2)7-6;1-6-2-4-7-5-3-6;1-6-4-2-3-5-7-6;1-5-3-4-7(2)6-5;1-3-2-6-4(5)7-3;1-3-5-4(2)7-6-3/h2-4,9H,5H2,1H3;2*2-4H,1H3;4-5H,3H2,1-2H3;2*2-5H,1H3;3-4H,1-2H3;2H,1H3;1-2H3. The van der Waals surface area contributed by atoms with Crippen LogP contribution in [0.1, 0.15) is 68.7 Å². The SMILES string of the molecule is CCc1ccn(C)n1.Cc1ccc(Br)nc1.Cc1ccc(CO)nc1.Cc1ccc(Cl)cn1.Cc1ccccn1.Cc1ccn(C)n1.Cc1ccncc1.Cc1cnc(Br)s1.Cc1noc(C)n1. The number of rotatable bonds is 2. The number of hydrogen-bond acceptors (Lipinski definition) is 13. The number of aliphatic hydroxyl groups is 1. The van der Waals surface area contributed by atoms with Crippen LogP contribution in [0, 0.1) is 62.3 Å². The molecule has 0 saturated carbocycles. The van der Waals surface area contributed by atoms with Crippen LogP contribution in [-0.2, 0) is 27.1 Å². The van der Waals surface area contributed by atoms with Gasteiger partial charge in [0.25, 0.3) is 0 Å². The predicted octanol–water partition coefficient (Wildman–Crippen LogP) is 12.5. The van der Waals surface area contributed by atoms with E-state index < -0.39 is 0 Å². The Bertz CT molecular complexity index is 2330. The fraction of sp³-hybridized carbons (Fsp3) is 0.280. The zero-order valence-electron chi connectivity index (χ0n) is 40.9. The minimum Gasteiger partial charge on any atom is -0.390 e. The zero-order chi connectivity index (χ0) is 50.7. The average Bonchev–Trinajstić information content (AvgIpc) is 4.14. The highest BCUT2D eigenvalue weighted by molar-refractivity contribution is 9.11. The lowest BCUT2D eigenvalue weighted by Gasteiger charge is -1.93. The first kappa shape index (κ1) is 60.2. The summed E-state index contributed by atoms with van der Waals surface area (Å²) in [6, 6.07) is 25.2. The highest BCUT2D eigenvalue weighted by Crippen LogP contribution is 2.16. The van der Waals surface area contributed by atoms with Crippen molar-refractivity contribution in [1.82, 2.24) is 59.6 Å². The van der Waals surface area contributed by atoms with E-state index in [4.69, 9.17) is 16.7 Å². The molecule has 1 N–H and O–H groups in total. The van der Waals surface area contributed by atoms with Crippen molar-refractivity contribution in [2.24, 2.45) is 14.1 Å². The summed E-state index contributed by atoms with van der Waals surface area (Å²) in [4.78, 5) is 28.7.